The van der Waals surface area contributed by atoms with E-state index in [9.17, 15) is 18.3 Å². The maximum absolute atomic E-state index is 12.7. The van der Waals surface area contributed by atoms with E-state index in [1.165, 1.54) is 6.07 Å². The van der Waals surface area contributed by atoms with Crippen LogP contribution in [0.5, 0.6) is 5.75 Å². The number of unbranched alkanes of at least 4 members (excludes halogenated alkanes) is 1. The van der Waals surface area contributed by atoms with Gasteiger partial charge in [-0.05, 0) is 37.6 Å². The quantitative estimate of drug-likeness (QED) is 0.829. The standard InChI is InChI=1S/C13H14F3N3O2/c14-13(15,16)9-7-8(4-5-10(9)20)12-18-11(21-19-12)3-1-2-6-17/h4-5,7,20H,1-3,6,17H2. The molecule has 0 aliphatic heterocycles. The van der Waals surface area contributed by atoms with Crippen LogP contribution in [0.25, 0.3) is 11.4 Å². The normalized spacial score (nSPS) is 11.8. The first-order valence-electron chi connectivity index (χ1n) is 6.35. The summed E-state index contributed by atoms with van der Waals surface area (Å²) < 4.78 is 43.1. The van der Waals surface area contributed by atoms with Crippen molar-refractivity contribution < 1.29 is 22.8 Å². The van der Waals surface area contributed by atoms with Gasteiger partial charge in [-0.1, -0.05) is 5.16 Å². The first-order chi connectivity index (χ1) is 9.91. The Hall–Kier alpha value is -2.09. The van der Waals surface area contributed by atoms with Gasteiger partial charge < -0.3 is 15.4 Å². The second-order valence-corrected chi connectivity index (χ2v) is 4.49. The average Bonchev–Trinajstić information content (AvgIpc) is 2.87. The zero-order chi connectivity index (χ0) is 15.5. The minimum Gasteiger partial charge on any atom is -0.507 e. The zero-order valence-electron chi connectivity index (χ0n) is 11.0. The van der Waals surface area contributed by atoms with Crippen LogP contribution in [0.1, 0.15) is 24.3 Å². The highest BCUT2D eigenvalue weighted by atomic mass is 19.4. The second kappa shape index (κ2) is 6.13. The van der Waals surface area contributed by atoms with Crippen molar-refractivity contribution in [2.24, 2.45) is 5.73 Å². The molecule has 0 bridgehead atoms. The fourth-order valence-corrected chi connectivity index (χ4v) is 1.80. The lowest BCUT2D eigenvalue weighted by Crippen LogP contribution is -2.05. The van der Waals surface area contributed by atoms with E-state index in [2.05, 4.69) is 10.1 Å². The summed E-state index contributed by atoms with van der Waals surface area (Å²) in [4.78, 5) is 4.04. The summed E-state index contributed by atoms with van der Waals surface area (Å²) in [5, 5.41) is 12.9. The Kier molecular flexibility index (Phi) is 4.46. The van der Waals surface area contributed by atoms with Crippen molar-refractivity contribution in [1.82, 2.24) is 10.1 Å². The van der Waals surface area contributed by atoms with Crippen molar-refractivity contribution in [2.45, 2.75) is 25.4 Å². The number of phenols is 1. The number of halogens is 3. The Balaban J connectivity index is 2.22. The molecule has 8 heteroatoms. The SMILES string of the molecule is NCCCCc1nc(-c2ccc(O)c(C(F)(F)F)c2)no1. The summed E-state index contributed by atoms with van der Waals surface area (Å²) in [6, 6.07) is 3.06. The third-order valence-corrected chi connectivity index (χ3v) is 2.87. The van der Waals surface area contributed by atoms with Gasteiger partial charge in [0.25, 0.3) is 0 Å². The topological polar surface area (TPSA) is 85.2 Å². The van der Waals surface area contributed by atoms with Crippen LogP contribution in [-0.4, -0.2) is 21.8 Å². The molecular weight excluding hydrogens is 287 g/mol. The molecule has 1 aromatic heterocycles. The van der Waals surface area contributed by atoms with Gasteiger partial charge in [0.2, 0.25) is 11.7 Å². The highest BCUT2D eigenvalue weighted by Crippen LogP contribution is 2.37. The van der Waals surface area contributed by atoms with E-state index in [1.54, 1.807) is 0 Å². The van der Waals surface area contributed by atoms with Crippen LogP contribution in [0.4, 0.5) is 13.2 Å². The first kappa shape index (κ1) is 15.3. The van der Waals surface area contributed by atoms with Crippen LogP contribution < -0.4 is 5.73 Å². The molecule has 0 fully saturated rings. The molecule has 0 atom stereocenters. The summed E-state index contributed by atoms with van der Waals surface area (Å²) in [6.45, 7) is 0.550. The number of aryl methyl sites for hydroxylation is 1. The van der Waals surface area contributed by atoms with E-state index in [4.69, 9.17) is 10.3 Å². The number of alkyl halides is 3. The zero-order valence-corrected chi connectivity index (χ0v) is 11.0. The highest BCUT2D eigenvalue weighted by Gasteiger charge is 2.34. The number of nitrogens with zero attached hydrogens (tertiary/aromatic N) is 2. The summed E-state index contributed by atoms with van der Waals surface area (Å²) in [7, 11) is 0. The molecule has 0 radical (unpaired) electrons. The molecular formula is C13H14F3N3O2. The van der Waals surface area contributed by atoms with E-state index < -0.39 is 17.5 Å². The molecule has 1 aromatic carbocycles. The molecule has 0 aliphatic rings. The number of benzene rings is 1. The first-order valence-corrected chi connectivity index (χ1v) is 6.35. The summed E-state index contributed by atoms with van der Waals surface area (Å²) in [5.74, 6) is -0.429. The predicted octanol–water partition coefficient (Wildman–Crippen LogP) is 2.74. The molecule has 0 saturated heterocycles. The van der Waals surface area contributed by atoms with Crippen molar-refractivity contribution in [2.75, 3.05) is 6.54 Å². The van der Waals surface area contributed by atoms with E-state index in [-0.39, 0.29) is 11.4 Å². The minimum absolute atomic E-state index is 0.0586. The van der Waals surface area contributed by atoms with Crippen LogP contribution in [0.15, 0.2) is 22.7 Å². The molecule has 0 amide bonds. The fourth-order valence-electron chi connectivity index (χ4n) is 1.80. The molecule has 5 nitrogen and oxygen atoms in total. The number of hydrogen-bond acceptors (Lipinski definition) is 5. The van der Waals surface area contributed by atoms with Crippen molar-refractivity contribution in [3.8, 4) is 17.1 Å². The van der Waals surface area contributed by atoms with Gasteiger partial charge in [0.1, 0.15) is 5.75 Å². The van der Waals surface area contributed by atoms with Gasteiger partial charge in [0.15, 0.2) is 0 Å². The third-order valence-electron chi connectivity index (χ3n) is 2.87. The number of phenolic OH excluding ortho intramolecular Hbond substituents is 1. The number of nitrogens with two attached hydrogens (primary N) is 1. The van der Waals surface area contributed by atoms with Crippen LogP contribution >= 0.6 is 0 Å². The highest BCUT2D eigenvalue weighted by molar-refractivity contribution is 5.58. The maximum atomic E-state index is 12.7. The van der Waals surface area contributed by atoms with E-state index >= 15 is 0 Å². The summed E-state index contributed by atoms with van der Waals surface area (Å²) in [6.07, 6.45) is -2.56. The number of aromatic nitrogens is 2. The summed E-state index contributed by atoms with van der Waals surface area (Å²) >= 11 is 0. The average molecular weight is 301 g/mol. The molecule has 3 N–H and O–H groups in total. The molecule has 0 spiro atoms. The largest absolute Gasteiger partial charge is 0.507 e. The van der Waals surface area contributed by atoms with Crippen molar-refractivity contribution in [1.29, 1.82) is 0 Å². The van der Waals surface area contributed by atoms with E-state index in [1.807, 2.05) is 0 Å². The summed E-state index contributed by atoms with van der Waals surface area (Å²) in [5.41, 5.74) is 4.37. The Morgan fingerprint density at radius 2 is 2.00 bits per heavy atom. The Morgan fingerprint density at radius 3 is 2.67 bits per heavy atom. The van der Waals surface area contributed by atoms with Crippen LogP contribution in [0, 0.1) is 0 Å². The molecule has 1 heterocycles. The Labute approximate surface area is 118 Å². The molecule has 21 heavy (non-hydrogen) atoms. The third kappa shape index (κ3) is 3.72. The Morgan fingerprint density at radius 1 is 1.24 bits per heavy atom. The van der Waals surface area contributed by atoms with E-state index in [0.29, 0.717) is 18.9 Å². The van der Waals surface area contributed by atoms with Crippen LogP contribution in [0.2, 0.25) is 0 Å². The lowest BCUT2D eigenvalue weighted by Gasteiger charge is -2.09. The molecule has 0 saturated carbocycles. The van der Waals surface area contributed by atoms with Crippen molar-refractivity contribution >= 4 is 0 Å². The number of rotatable bonds is 5. The van der Waals surface area contributed by atoms with Crippen molar-refractivity contribution in [3.05, 3.63) is 29.7 Å². The van der Waals surface area contributed by atoms with Gasteiger partial charge in [0.05, 0.1) is 5.56 Å². The number of aromatic hydroxyl groups is 1. The van der Waals surface area contributed by atoms with Crippen LogP contribution in [-0.2, 0) is 12.6 Å². The van der Waals surface area contributed by atoms with Gasteiger partial charge in [0, 0.05) is 12.0 Å². The molecule has 2 aromatic rings. The molecule has 0 unspecified atom stereocenters. The van der Waals surface area contributed by atoms with Gasteiger partial charge >= 0.3 is 6.18 Å². The van der Waals surface area contributed by atoms with Crippen LogP contribution in [0.3, 0.4) is 0 Å². The second-order valence-electron chi connectivity index (χ2n) is 4.49. The minimum atomic E-state index is -4.65. The smallest absolute Gasteiger partial charge is 0.419 e. The van der Waals surface area contributed by atoms with Gasteiger partial charge in [-0.25, -0.2) is 0 Å². The Bertz CT molecular complexity index is 611. The van der Waals surface area contributed by atoms with Gasteiger partial charge in [-0.15, -0.1) is 0 Å². The van der Waals surface area contributed by atoms with Gasteiger partial charge in [-0.2, -0.15) is 18.2 Å². The predicted molar refractivity (Wildman–Crippen MR) is 68.4 cm³/mol. The van der Waals surface area contributed by atoms with Crippen molar-refractivity contribution in [3.63, 3.8) is 0 Å². The lowest BCUT2D eigenvalue weighted by atomic mass is 10.1. The van der Waals surface area contributed by atoms with E-state index in [0.717, 1.165) is 25.0 Å². The maximum Gasteiger partial charge on any atom is 0.419 e. The molecule has 2 rings (SSSR count). The monoisotopic (exact) mass is 301 g/mol. The lowest BCUT2D eigenvalue weighted by molar-refractivity contribution is -0.138. The number of hydrogen-bond donors (Lipinski definition) is 2. The van der Waals surface area contributed by atoms with Gasteiger partial charge in [-0.3, -0.25) is 0 Å². The molecule has 114 valence electrons. The fraction of sp³-hybridized carbons (Fsp3) is 0.385. The molecule has 0 aliphatic carbocycles.